The fraction of sp³-hybridized carbons (Fsp3) is 0.400. The normalized spacial score (nSPS) is 15.5. The first-order valence-electron chi connectivity index (χ1n) is 15.3. The number of aromatic amines is 1. The van der Waals surface area contributed by atoms with Crippen LogP contribution in [0.3, 0.4) is 0 Å². The third-order valence-corrected chi connectivity index (χ3v) is 7.54. The van der Waals surface area contributed by atoms with Crippen LogP contribution in [0.1, 0.15) is 67.5 Å². The zero-order valence-corrected chi connectivity index (χ0v) is 26.3. The predicted octanol–water partition coefficient (Wildman–Crippen LogP) is 5.96. The van der Waals surface area contributed by atoms with Crippen molar-refractivity contribution in [3.8, 4) is 11.4 Å². The molecule has 2 aromatic heterocycles. The zero-order chi connectivity index (χ0) is 31.3. The van der Waals surface area contributed by atoms with Crippen LogP contribution in [0.15, 0.2) is 72.8 Å². The predicted molar refractivity (Wildman–Crippen MR) is 170 cm³/mol. The topological polar surface area (TPSA) is 104 Å². The van der Waals surface area contributed by atoms with Crippen LogP contribution in [-0.2, 0) is 24.0 Å². The number of benzene rings is 2. The molecule has 1 fully saturated rings. The van der Waals surface area contributed by atoms with Crippen molar-refractivity contribution in [2.24, 2.45) is 5.92 Å². The molecule has 1 N–H and O–H groups in total. The van der Waals surface area contributed by atoms with Crippen LogP contribution < -0.4 is 0 Å². The van der Waals surface area contributed by atoms with E-state index in [4.69, 9.17) is 4.74 Å². The monoisotopic (exact) mass is 594 g/mol. The van der Waals surface area contributed by atoms with E-state index in [1.54, 1.807) is 9.80 Å². The molecule has 1 aliphatic heterocycles. The Balaban J connectivity index is 1.37. The van der Waals surface area contributed by atoms with Crippen molar-refractivity contribution in [3.63, 3.8) is 0 Å². The van der Waals surface area contributed by atoms with Crippen molar-refractivity contribution >= 4 is 12.0 Å². The van der Waals surface area contributed by atoms with Crippen LogP contribution in [0, 0.1) is 5.92 Å². The Kier molecular flexibility index (Phi) is 9.42. The minimum atomic E-state index is -0.609. The van der Waals surface area contributed by atoms with Gasteiger partial charge in [0, 0.05) is 31.7 Å². The molecule has 0 saturated carbocycles. The second-order valence-electron chi connectivity index (χ2n) is 12.9. The van der Waals surface area contributed by atoms with Crippen molar-refractivity contribution in [2.75, 3.05) is 19.6 Å². The van der Waals surface area contributed by atoms with Crippen LogP contribution in [-0.4, -0.2) is 73.5 Å². The van der Waals surface area contributed by atoms with Crippen LogP contribution in [0.4, 0.5) is 4.79 Å². The van der Waals surface area contributed by atoms with E-state index < -0.39 is 5.60 Å². The number of ether oxygens (including phenoxy) is 1. The van der Waals surface area contributed by atoms with E-state index in [2.05, 4.69) is 46.4 Å². The summed E-state index contributed by atoms with van der Waals surface area (Å²) in [5, 5.41) is 16.6. The van der Waals surface area contributed by atoms with Gasteiger partial charge in [-0.2, -0.15) is 5.10 Å². The number of amides is 2. The molecule has 1 aliphatic rings. The van der Waals surface area contributed by atoms with E-state index in [-0.39, 0.29) is 18.0 Å². The molecular formula is C35H42N6O3. The van der Waals surface area contributed by atoms with Gasteiger partial charge < -0.3 is 14.5 Å². The average Bonchev–Trinajstić information content (AvgIpc) is 3.44. The highest BCUT2D eigenvalue weighted by atomic mass is 16.6. The number of hydrogen-bond donors (Lipinski definition) is 1. The molecule has 4 aromatic rings. The number of nitrogens with zero attached hydrogens (tertiary/aromatic N) is 5. The molecular weight excluding hydrogens is 552 g/mol. The highest BCUT2D eigenvalue weighted by Gasteiger charge is 2.36. The number of hydrogen-bond acceptors (Lipinski definition) is 6. The minimum Gasteiger partial charge on any atom is -0.444 e. The molecule has 5 rings (SSSR count). The van der Waals surface area contributed by atoms with E-state index in [1.165, 1.54) is 5.56 Å². The Hall–Kier alpha value is -4.53. The summed E-state index contributed by atoms with van der Waals surface area (Å²) in [4.78, 5) is 30.6. The van der Waals surface area contributed by atoms with E-state index in [9.17, 15) is 9.59 Å². The van der Waals surface area contributed by atoms with Crippen molar-refractivity contribution in [1.29, 1.82) is 0 Å². The van der Waals surface area contributed by atoms with E-state index in [1.807, 2.05) is 81.4 Å². The van der Waals surface area contributed by atoms with Crippen molar-refractivity contribution < 1.29 is 14.3 Å². The lowest BCUT2D eigenvalue weighted by molar-refractivity contribution is -0.000700. The number of H-pyrrole nitrogens is 1. The summed E-state index contributed by atoms with van der Waals surface area (Å²) >= 11 is 0. The Morgan fingerprint density at radius 1 is 0.955 bits per heavy atom. The quantitative estimate of drug-likeness (QED) is 0.270. The molecule has 0 unspecified atom stereocenters. The number of piperazine rings is 1. The second-order valence-corrected chi connectivity index (χ2v) is 12.9. The zero-order valence-electron chi connectivity index (χ0n) is 26.3. The Morgan fingerprint density at radius 3 is 2.30 bits per heavy atom. The van der Waals surface area contributed by atoms with Gasteiger partial charge in [0.25, 0.3) is 5.91 Å². The Morgan fingerprint density at radius 2 is 1.64 bits per heavy atom. The summed E-state index contributed by atoms with van der Waals surface area (Å²) in [5.74, 6) is 0.152. The maximum absolute atomic E-state index is 13.9. The first-order valence-corrected chi connectivity index (χ1v) is 15.3. The van der Waals surface area contributed by atoms with Crippen LogP contribution in [0.5, 0.6) is 0 Å². The standard InChI is InChI=1S/C35H42N6O3/c1-24(2)18-27-21-31(38-39-32(27)30-22-28(36-37-30)19-25-12-8-6-9-13-25)33(42)40-16-17-41(34(43)44-35(3,4)5)29(23-40)20-26-14-10-7-11-15-26/h6-15,21-22,24,29H,16-20,23H2,1-5H3,(H,36,37)/t29-/m0/s1. The van der Waals surface area contributed by atoms with Gasteiger partial charge in [0.1, 0.15) is 17.0 Å². The van der Waals surface area contributed by atoms with Gasteiger partial charge in [0.05, 0.1) is 6.04 Å². The Labute approximate surface area is 259 Å². The van der Waals surface area contributed by atoms with E-state index >= 15 is 0 Å². The first kappa shape index (κ1) is 30.9. The van der Waals surface area contributed by atoms with Gasteiger partial charge in [-0.3, -0.25) is 9.89 Å². The van der Waals surface area contributed by atoms with Gasteiger partial charge in [0.15, 0.2) is 5.69 Å². The summed E-state index contributed by atoms with van der Waals surface area (Å²) in [6, 6.07) is 23.9. The lowest BCUT2D eigenvalue weighted by atomic mass is 9.99. The van der Waals surface area contributed by atoms with E-state index in [0.29, 0.717) is 49.1 Å². The van der Waals surface area contributed by atoms with Gasteiger partial charge in [-0.25, -0.2) is 4.79 Å². The molecule has 9 nitrogen and oxygen atoms in total. The smallest absolute Gasteiger partial charge is 0.410 e. The lowest BCUT2D eigenvalue weighted by Crippen LogP contribution is -2.58. The van der Waals surface area contributed by atoms with Crippen molar-refractivity contribution in [2.45, 2.75) is 65.5 Å². The highest BCUT2D eigenvalue weighted by molar-refractivity contribution is 5.93. The molecule has 0 spiro atoms. The SMILES string of the molecule is CC(C)Cc1cc(C(=O)N2CCN(C(=O)OC(C)(C)C)[C@@H](Cc3ccccc3)C2)nnc1-c1cc(Cc2ccccc2)[nH]n1. The molecule has 44 heavy (non-hydrogen) atoms. The van der Waals surface area contributed by atoms with Gasteiger partial charge in [0.2, 0.25) is 0 Å². The summed E-state index contributed by atoms with van der Waals surface area (Å²) in [7, 11) is 0. The fourth-order valence-corrected chi connectivity index (χ4v) is 5.56. The van der Waals surface area contributed by atoms with Crippen molar-refractivity contribution in [1.82, 2.24) is 30.2 Å². The first-order chi connectivity index (χ1) is 21.1. The molecule has 9 heteroatoms. The number of carbonyl (C=O) groups excluding carboxylic acids is 2. The second kappa shape index (κ2) is 13.4. The fourth-order valence-electron chi connectivity index (χ4n) is 5.56. The molecule has 230 valence electrons. The van der Waals surface area contributed by atoms with Crippen LogP contribution >= 0.6 is 0 Å². The van der Waals surface area contributed by atoms with Crippen LogP contribution in [0.25, 0.3) is 11.4 Å². The van der Waals surface area contributed by atoms with Gasteiger partial charge in [-0.05, 0) is 68.4 Å². The molecule has 3 heterocycles. The molecule has 0 bridgehead atoms. The number of nitrogens with one attached hydrogen (secondary N) is 1. The molecule has 2 aromatic carbocycles. The van der Waals surface area contributed by atoms with Crippen LogP contribution in [0.2, 0.25) is 0 Å². The summed E-state index contributed by atoms with van der Waals surface area (Å²) < 4.78 is 5.72. The third-order valence-electron chi connectivity index (χ3n) is 7.54. The average molecular weight is 595 g/mol. The molecule has 2 amide bonds. The molecule has 0 aliphatic carbocycles. The maximum atomic E-state index is 13.9. The third kappa shape index (κ3) is 7.89. The van der Waals surface area contributed by atoms with Gasteiger partial charge in [-0.1, -0.05) is 74.5 Å². The largest absolute Gasteiger partial charge is 0.444 e. The summed E-state index contributed by atoms with van der Waals surface area (Å²) in [5.41, 5.74) is 5.29. The highest BCUT2D eigenvalue weighted by Crippen LogP contribution is 2.25. The number of rotatable bonds is 8. The molecule has 0 radical (unpaired) electrons. The Bertz CT molecular complexity index is 1560. The van der Waals surface area contributed by atoms with Crippen molar-refractivity contribution in [3.05, 3.63) is 101 Å². The molecule has 1 atom stereocenters. The minimum absolute atomic E-state index is 0.192. The molecule has 1 saturated heterocycles. The lowest BCUT2D eigenvalue weighted by Gasteiger charge is -2.41. The maximum Gasteiger partial charge on any atom is 0.410 e. The van der Waals surface area contributed by atoms with Gasteiger partial charge >= 0.3 is 6.09 Å². The van der Waals surface area contributed by atoms with E-state index in [0.717, 1.165) is 29.7 Å². The summed E-state index contributed by atoms with van der Waals surface area (Å²) in [6.07, 6.45) is 1.71. The summed E-state index contributed by atoms with van der Waals surface area (Å²) in [6.45, 7) is 11.0. The number of aromatic nitrogens is 4. The number of carbonyl (C=O) groups is 2. The van der Waals surface area contributed by atoms with Gasteiger partial charge in [-0.15, -0.1) is 10.2 Å².